The van der Waals surface area contributed by atoms with E-state index in [9.17, 15) is 4.79 Å². The lowest BCUT2D eigenvalue weighted by Crippen LogP contribution is -2.24. The van der Waals surface area contributed by atoms with Crippen molar-refractivity contribution in [2.45, 2.75) is 26.2 Å². The van der Waals surface area contributed by atoms with E-state index >= 15 is 0 Å². The first kappa shape index (κ1) is 10.9. The van der Waals surface area contributed by atoms with Crippen molar-refractivity contribution >= 4 is 12.0 Å². The maximum Gasteiger partial charge on any atom is 0.150 e. The Morgan fingerprint density at radius 2 is 2.12 bits per heavy atom. The molecule has 0 N–H and O–H groups in total. The highest BCUT2D eigenvalue weighted by Crippen LogP contribution is 2.46. The predicted molar refractivity (Wildman–Crippen MR) is 67.0 cm³/mol. The average Bonchev–Trinajstić information content (AvgIpc) is 2.47. The van der Waals surface area contributed by atoms with Crippen molar-refractivity contribution in [2.24, 2.45) is 0 Å². The van der Waals surface area contributed by atoms with E-state index in [0.717, 1.165) is 24.1 Å². The quantitative estimate of drug-likeness (QED) is 0.706. The molecule has 0 fully saturated rings. The highest BCUT2D eigenvalue weighted by molar-refractivity contribution is 5.80. The van der Waals surface area contributed by atoms with E-state index < -0.39 is 0 Å². The summed E-state index contributed by atoms with van der Waals surface area (Å²) in [7, 11) is 0. The zero-order chi connectivity index (χ0) is 11.9. The molecule has 2 heteroatoms. The molecular formula is C14H17NO. The van der Waals surface area contributed by atoms with Gasteiger partial charge in [0.15, 0.2) is 0 Å². The summed E-state index contributed by atoms with van der Waals surface area (Å²) in [5.41, 5.74) is 4.14. The number of fused-ring (bicyclic) bond motifs is 1. The molecule has 0 radical (unpaired) electrons. The van der Waals surface area contributed by atoms with Crippen molar-refractivity contribution in [3.8, 4) is 0 Å². The molecule has 0 atom stereocenters. The Hall–Kier alpha value is -1.57. The Morgan fingerprint density at radius 1 is 1.44 bits per heavy atom. The van der Waals surface area contributed by atoms with E-state index in [4.69, 9.17) is 0 Å². The van der Waals surface area contributed by atoms with Gasteiger partial charge < -0.3 is 4.90 Å². The monoisotopic (exact) mass is 215 g/mol. The van der Waals surface area contributed by atoms with Gasteiger partial charge >= 0.3 is 0 Å². The van der Waals surface area contributed by atoms with E-state index in [2.05, 4.69) is 32.3 Å². The van der Waals surface area contributed by atoms with Crippen LogP contribution in [0.4, 0.5) is 5.69 Å². The Labute approximate surface area is 96.6 Å². The molecule has 0 aliphatic carbocycles. The van der Waals surface area contributed by atoms with Crippen molar-refractivity contribution in [3.05, 3.63) is 41.6 Å². The summed E-state index contributed by atoms with van der Waals surface area (Å²) in [6, 6.07) is 5.86. The second kappa shape index (κ2) is 3.48. The summed E-state index contributed by atoms with van der Waals surface area (Å²) < 4.78 is 0. The van der Waals surface area contributed by atoms with Crippen molar-refractivity contribution in [2.75, 3.05) is 11.4 Å². The third kappa shape index (κ3) is 1.29. The number of hydrogen-bond acceptors (Lipinski definition) is 2. The molecule has 84 valence electrons. The molecule has 0 bridgehead atoms. The molecule has 2 nitrogen and oxygen atoms in total. The summed E-state index contributed by atoms with van der Waals surface area (Å²) in [6.45, 7) is 11.5. The largest absolute Gasteiger partial charge is 0.345 e. The fraction of sp³-hybridized carbons (Fsp3) is 0.357. The number of benzene rings is 1. The van der Waals surface area contributed by atoms with Crippen molar-refractivity contribution in [3.63, 3.8) is 0 Å². The number of nitrogens with zero attached hydrogens (tertiary/aromatic N) is 1. The fourth-order valence-corrected chi connectivity index (χ4v) is 2.36. The molecule has 16 heavy (non-hydrogen) atoms. The molecule has 1 heterocycles. The summed E-state index contributed by atoms with van der Waals surface area (Å²) in [5, 5.41) is 0. The zero-order valence-electron chi connectivity index (χ0n) is 10.1. The Morgan fingerprint density at radius 3 is 2.69 bits per heavy atom. The van der Waals surface area contributed by atoms with Gasteiger partial charge in [0, 0.05) is 28.9 Å². The van der Waals surface area contributed by atoms with Crippen LogP contribution in [-0.4, -0.2) is 12.8 Å². The smallest absolute Gasteiger partial charge is 0.150 e. The molecule has 0 amide bonds. The van der Waals surface area contributed by atoms with Crippen LogP contribution in [0.25, 0.3) is 0 Å². The molecule has 1 aliphatic heterocycles. The summed E-state index contributed by atoms with van der Waals surface area (Å²) in [4.78, 5) is 13.0. The van der Waals surface area contributed by atoms with Gasteiger partial charge in [0.1, 0.15) is 6.29 Å². The third-order valence-corrected chi connectivity index (χ3v) is 3.48. The lowest BCUT2D eigenvalue weighted by molar-refractivity contribution is 0.112. The zero-order valence-corrected chi connectivity index (χ0v) is 10.1. The highest BCUT2D eigenvalue weighted by atomic mass is 16.1. The molecule has 1 aromatic carbocycles. The fourth-order valence-electron chi connectivity index (χ4n) is 2.36. The van der Waals surface area contributed by atoms with Gasteiger partial charge in [0.25, 0.3) is 0 Å². The minimum Gasteiger partial charge on any atom is -0.345 e. The first-order valence-corrected chi connectivity index (χ1v) is 5.59. The highest BCUT2D eigenvalue weighted by Gasteiger charge is 2.38. The molecule has 1 aromatic rings. The normalized spacial score (nSPS) is 17.4. The predicted octanol–water partition coefficient (Wildman–Crippen LogP) is 3.13. The number of anilines is 1. The van der Waals surface area contributed by atoms with Crippen LogP contribution >= 0.6 is 0 Å². The standard InChI is InChI=1S/C14H17NO/c1-5-15-10(2)14(3,4)12-8-11(9-16)6-7-13(12)15/h6-9H,2,5H2,1,3-4H3. The van der Waals surface area contributed by atoms with E-state index in [1.807, 2.05) is 18.2 Å². The minimum atomic E-state index is -0.0790. The molecule has 0 unspecified atom stereocenters. The third-order valence-electron chi connectivity index (χ3n) is 3.48. The maximum atomic E-state index is 10.8. The second-order valence-electron chi connectivity index (χ2n) is 4.71. The summed E-state index contributed by atoms with van der Waals surface area (Å²) in [6.07, 6.45) is 0.897. The van der Waals surface area contributed by atoms with Crippen molar-refractivity contribution < 1.29 is 4.79 Å². The van der Waals surface area contributed by atoms with Crippen LogP contribution in [0.3, 0.4) is 0 Å². The second-order valence-corrected chi connectivity index (χ2v) is 4.71. The van der Waals surface area contributed by atoms with Crippen molar-refractivity contribution in [1.82, 2.24) is 0 Å². The Bertz CT molecular complexity index is 460. The van der Waals surface area contributed by atoms with Gasteiger partial charge in [-0.1, -0.05) is 20.4 Å². The number of aldehydes is 1. The SMILES string of the molecule is C=C1N(CC)c2ccc(C=O)cc2C1(C)C. The minimum absolute atomic E-state index is 0.0790. The number of carbonyl (C=O) groups is 1. The molecule has 0 aromatic heterocycles. The number of allylic oxidation sites excluding steroid dienone is 1. The van der Waals surface area contributed by atoms with Gasteiger partial charge in [-0.2, -0.15) is 0 Å². The summed E-state index contributed by atoms with van der Waals surface area (Å²) in [5.74, 6) is 0. The van der Waals surface area contributed by atoms with Crippen LogP contribution in [0.15, 0.2) is 30.5 Å². The van der Waals surface area contributed by atoms with Gasteiger partial charge in [-0.25, -0.2) is 0 Å². The molecule has 0 saturated heterocycles. The van der Waals surface area contributed by atoms with Crippen molar-refractivity contribution in [1.29, 1.82) is 0 Å². The number of hydrogen-bond donors (Lipinski definition) is 0. The molecule has 0 saturated carbocycles. The van der Waals surface area contributed by atoms with E-state index in [0.29, 0.717) is 0 Å². The molecular weight excluding hydrogens is 198 g/mol. The van der Waals surface area contributed by atoms with Crippen LogP contribution in [-0.2, 0) is 5.41 Å². The lowest BCUT2D eigenvalue weighted by atomic mass is 9.84. The molecule has 1 aliphatic rings. The van der Waals surface area contributed by atoms with Gasteiger partial charge in [0.05, 0.1) is 0 Å². The van der Waals surface area contributed by atoms with Crippen LogP contribution in [0.1, 0.15) is 36.7 Å². The molecule has 2 rings (SSSR count). The van der Waals surface area contributed by atoms with Gasteiger partial charge in [-0.15, -0.1) is 0 Å². The number of likely N-dealkylation sites (N-methyl/N-ethyl adjacent to an activating group) is 1. The van der Waals surface area contributed by atoms with Gasteiger partial charge in [-0.3, -0.25) is 4.79 Å². The average molecular weight is 215 g/mol. The Balaban J connectivity index is 2.64. The van der Waals surface area contributed by atoms with Crippen LogP contribution in [0.2, 0.25) is 0 Å². The van der Waals surface area contributed by atoms with Crippen LogP contribution in [0, 0.1) is 0 Å². The van der Waals surface area contributed by atoms with E-state index in [1.54, 1.807) is 0 Å². The van der Waals surface area contributed by atoms with Crippen LogP contribution in [0.5, 0.6) is 0 Å². The van der Waals surface area contributed by atoms with Gasteiger partial charge in [0.2, 0.25) is 0 Å². The van der Waals surface area contributed by atoms with Crippen LogP contribution < -0.4 is 4.90 Å². The van der Waals surface area contributed by atoms with Gasteiger partial charge in [-0.05, 0) is 30.7 Å². The first-order chi connectivity index (χ1) is 7.52. The first-order valence-electron chi connectivity index (χ1n) is 5.59. The topological polar surface area (TPSA) is 20.3 Å². The van der Waals surface area contributed by atoms with E-state index in [1.165, 1.54) is 11.3 Å². The maximum absolute atomic E-state index is 10.8. The Kier molecular flexibility index (Phi) is 2.38. The number of rotatable bonds is 2. The number of carbonyl (C=O) groups excluding carboxylic acids is 1. The molecule has 0 spiro atoms. The van der Waals surface area contributed by atoms with E-state index in [-0.39, 0.29) is 5.41 Å². The lowest BCUT2D eigenvalue weighted by Gasteiger charge is -2.24. The summed E-state index contributed by atoms with van der Waals surface area (Å²) >= 11 is 0.